The van der Waals surface area contributed by atoms with Gasteiger partial charge in [0.15, 0.2) is 5.13 Å². The molecule has 7 heteroatoms. The fourth-order valence-corrected chi connectivity index (χ4v) is 2.92. The molecular formula is C14H16ClN3O2S. The average molecular weight is 326 g/mol. The maximum absolute atomic E-state index is 12.0. The Morgan fingerprint density at radius 2 is 2.14 bits per heavy atom. The van der Waals surface area contributed by atoms with Crippen LogP contribution in [0.3, 0.4) is 0 Å². The molecule has 0 radical (unpaired) electrons. The summed E-state index contributed by atoms with van der Waals surface area (Å²) >= 11 is 1.40. The Bertz CT molecular complexity index is 609. The quantitative estimate of drug-likeness (QED) is 0.811. The van der Waals surface area contributed by atoms with Crippen LogP contribution >= 0.6 is 23.7 Å². The zero-order chi connectivity index (χ0) is 13.9. The van der Waals surface area contributed by atoms with E-state index in [1.54, 1.807) is 24.3 Å². The first kappa shape index (κ1) is 15.8. The normalized spacial score (nSPS) is 17.2. The van der Waals surface area contributed by atoms with Crippen molar-refractivity contribution in [3.63, 3.8) is 0 Å². The monoisotopic (exact) mass is 325 g/mol. The minimum atomic E-state index is -0.101. The van der Waals surface area contributed by atoms with Gasteiger partial charge in [0.05, 0.1) is 11.7 Å². The number of amides is 1. The van der Waals surface area contributed by atoms with Crippen molar-refractivity contribution in [2.24, 2.45) is 0 Å². The molecule has 1 aromatic carbocycles. The number of phenolic OH excluding ortho intramolecular Hbond substituents is 1. The van der Waals surface area contributed by atoms with Crippen molar-refractivity contribution < 1.29 is 9.90 Å². The van der Waals surface area contributed by atoms with Crippen LogP contribution in [0.5, 0.6) is 5.75 Å². The minimum absolute atomic E-state index is 0. The smallest absolute Gasteiger partial charge is 0.243 e. The van der Waals surface area contributed by atoms with Gasteiger partial charge in [-0.15, -0.1) is 23.7 Å². The molecule has 1 aromatic heterocycles. The van der Waals surface area contributed by atoms with E-state index in [2.05, 4.69) is 15.6 Å². The third-order valence-electron chi connectivity index (χ3n) is 3.27. The number of rotatable bonds is 3. The van der Waals surface area contributed by atoms with Crippen LogP contribution in [0.15, 0.2) is 29.6 Å². The van der Waals surface area contributed by atoms with Crippen molar-refractivity contribution in [3.05, 3.63) is 29.6 Å². The van der Waals surface area contributed by atoms with E-state index in [4.69, 9.17) is 0 Å². The van der Waals surface area contributed by atoms with Crippen LogP contribution in [0.4, 0.5) is 5.13 Å². The number of thiazole rings is 1. The van der Waals surface area contributed by atoms with E-state index < -0.39 is 0 Å². The highest BCUT2D eigenvalue weighted by Gasteiger charge is 2.22. The summed E-state index contributed by atoms with van der Waals surface area (Å²) in [6.45, 7) is 0.898. The van der Waals surface area contributed by atoms with E-state index in [1.165, 1.54) is 11.3 Å². The molecular weight excluding hydrogens is 310 g/mol. The van der Waals surface area contributed by atoms with Gasteiger partial charge in [-0.1, -0.05) is 0 Å². The molecule has 1 saturated heterocycles. The van der Waals surface area contributed by atoms with Crippen LogP contribution < -0.4 is 10.6 Å². The first-order valence-corrected chi connectivity index (χ1v) is 7.39. The molecule has 0 saturated carbocycles. The third kappa shape index (κ3) is 3.72. The highest BCUT2D eigenvalue weighted by Crippen LogP contribution is 2.26. The number of benzene rings is 1. The molecule has 1 fully saturated rings. The SMILES string of the molecule is Cl.O=C(Nc1nc(-c2ccc(O)cc2)cs1)C1CCCN1. The van der Waals surface area contributed by atoms with Crippen molar-refractivity contribution in [1.82, 2.24) is 10.3 Å². The number of carbonyl (C=O) groups excluding carboxylic acids is 1. The van der Waals surface area contributed by atoms with Gasteiger partial charge >= 0.3 is 0 Å². The van der Waals surface area contributed by atoms with Crippen LogP contribution in [0, 0.1) is 0 Å². The van der Waals surface area contributed by atoms with Gasteiger partial charge in [-0.05, 0) is 43.7 Å². The van der Waals surface area contributed by atoms with E-state index in [9.17, 15) is 9.90 Å². The molecule has 0 spiro atoms. The summed E-state index contributed by atoms with van der Waals surface area (Å²) in [7, 11) is 0. The standard InChI is InChI=1S/C14H15N3O2S.ClH/c18-10-5-3-9(4-6-10)12-8-20-14(16-12)17-13(19)11-2-1-7-15-11;/h3-6,8,11,15,18H,1-2,7H2,(H,16,17,19);1H. The second kappa shape index (κ2) is 6.89. The Labute approximate surface area is 132 Å². The Morgan fingerprint density at radius 3 is 2.81 bits per heavy atom. The number of hydrogen-bond acceptors (Lipinski definition) is 5. The van der Waals surface area contributed by atoms with Crippen LogP contribution in [0.1, 0.15) is 12.8 Å². The second-order valence-electron chi connectivity index (χ2n) is 4.72. The molecule has 1 amide bonds. The summed E-state index contributed by atoms with van der Waals surface area (Å²) in [5.41, 5.74) is 1.71. The molecule has 0 bridgehead atoms. The predicted molar refractivity (Wildman–Crippen MR) is 86.1 cm³/mol. The molecule has 21 heavy (non-hydrogen) atoms. The predicted octanol–water partition coefficient (Wildman–Crippen LogP) is 2.63. The largest absolute Gasteiger partial charge is 0.508 e. The van der Waals surface area contributed by atoms with Gasteiger partial charge in [-0.3, -0.25) is 4.79 Å². The number of halogens is 1. The van der Waals surface area contributed by atoms with Crippen molar-refractivity contribution in [3.8, 4) is 17.0 Å². The Kier molecular flexibility index (Phi) is 5.17. The van der Waals surface area contributed by atoms with Crippen LogP contribution in [0.25, 0.3) is 11.3 Å². The van der Waals surface area contributed by atoms with Gasteiger partial charge in [0.2, 0.25) is 5.91 Å². The molecule has 1 aliphatic rings. The number of anilines is 1. The highest BCUT2D eigenvalue weighted by atomic mass is 35.5. The second-order valence-corrected chi connectivity index (χ2v) is 5.58. The van der Waals surface area contributed by atoms with E-state index in [1.807, 2.05) is 5.38 Å². The molecule has 2 heterocycles. The van der Waals surface area contributed by atoms with Gasteiger partial charge in [0, 0.05) is 10.9 Å². The third-order valence-corrected chi connectivity index (χ3v) is 4.03. The van der Waals surface area contributed by atoms with Crippen molar-refractivity contribution in [1.29, 1.82) is 0 Å². The van der Waals surface area contributed by atoms with Crippen molar-refractivity contribution in [2.45, 2.75) is 18.9 Å². The van der Waals surface area contributed by atoms with Crippen LogP contribution in [-0.2, 0) is 4.79 Å². The molecule has 3 rings (SSSR count). The van der Waals surface area contributed by atoms with E-state index in [0.717, 1.165) is 30.6 Å². The lowest BCUT2D eigenvalue weighted by Gasteiger charge is -2.08. The molecule has 1 atom stereocenters. The highest BCUT2D eigenvalue weighted by molar-refractivity contribution is 7.14. The van der Waals surface area contributed by atoms with Crippen LogP contribution in [-0.4, -0.2) is 28.6 Å². The summed E-state index contributed by atoms with van der Waals surface area (Å²) in [6, 6.07) is 6.74. The lowest BCUT2D eigenvalue weighted by atomic mass is 10.2. The van der Waals surface area contributed by atoms with Gasteiger partial charge in [-0.2, -0.15) is 0 Å². The summed E-state index contributed by atoms with van der Waals surface area (Å²) in [6.07, 6.45) is 1.91. The first-order valence-electron chi connectivity index (χ1n) is 6.51. The minimum Gasteiger partial charge on any atom is -0.508 e. The fourth-order valence-electron chi connectivity index (χ4n) is 2.20. The Morgan fingerprint density at radius 1 is 1.38 bits per heavy atom. The van der Waals surface area contributed by atoms with E-state index in [-0.39, 0.29) is 30.1 Å². The number of nitrogens with one attached hydrogen (secondary N) is 2. The van der Waals surface area contributed by atoms with E-state index >= 15 is 0 Å². The number of hydrogen-bond donors (Lipinski definition) is 3. The molecule has 0 aliphatic carbocycles. The van der Waals surface area contributed by atoms with Gasteiger partial charge in [0.25, 0.3) is 0 Å². The average Bonchev–Trinajstić information content (AvgIpc) is 3.10. The summed E-state index contributed by atoms with van der Waals surface area (Å²) in [5.74, 6) is 0.207. The summed E-state index contributed by atoms with van der Waals surface area (Å²) < 4.78 is 0. The van der Waals surface area contributed by atoms with Gasteiger partial charge in [-0.25, -0.2) is 4.98 Å². The zero-order valence-electron chi connectivity index (χ0n) is 11.2. The van der Waals surface area contributed by atoms with Gasteiger partial charge < -0.3 is 15.7 Å². The van der Waals surface area contributed by atoms with Crippen molar-refractivity contribution in [2.75, 3.05) is 11.9 Å². The molecule has 3 N–H and O–H groups in total. The maximum atomic E-state index is 12.0. The van der Waals surface area contributed by atoms with Crippen molar-refractivity contribution >= 4 is 34.8 Å². The number of aromatic hydroxyl groups is 1. The number of aromatic nitrogens is 1. The first-order chi connectivity index (χ1) is 9.72. The maximum Gasteiger partial charge on any atom is 0.243 e. The molecule has 112 valence electrons. The zero-order valence-corrected chi connectivity index (χ0v) is 12.8. The molecule has 1 aliphatic heterocycles. The molecule has 5 nitrogen and oxygen atoms in total. The lowest BCUT2D eigenvalue weighted by molar-refractivity contribution is -0.117. The molecule has 1 unspecified atom stereocenters. The van der Waals surface area contributed by atoms with Gasteiger partial charge in [0.1, 0.15) is 5.75 Å². The molecule has 2 aromatic rings. The summed E-state index contributed by atoms with van der Waals surface area (Å²) in [4.78, 5) is 16.4. The Hall–Kier alpha value is -1.63. The van der Waals surface area contributed by atoms with E-state index in [0.29, 0.717) is 5.13 Å². The fraction of sp³-hybridized carbons (Fsp3) is 0.286. The number of nitrogens with zero attached hydrogens (tertiary/aromatic N) is 1. The summed E-state index contributed by atoms with van der Waals surface area (Å²) in [5, 5.41) is 17.8. The van der Waals surface area contributed by atoms with Crippen LogP contribution in [0.2, 0.25) is 0 Å². The topological polar surface area (TPSA) is 74.2 Å². The number of carbonyl (C=O) groups is 1. The number of phenols is 1. The lowest BCUT2D eigenvalue weighted by Crippen LogP contribution is -2.35. The Balaban J connectivity index is 0.00000161.